The number of fused-ring (bicyclic) bond motifs is 9. The summed E-state index contributed by atoms with van der Waals surface area (Å²) in [7, 11) is 0. The average Bonchev–Trinajstić information content (AvgIpc) is 3.74. The first-order valence-corrected chi connectivity index (χ1v) is 22.1. The van der Waals surface area contributed by atoms with Crippen LogP contribution in [0, 0.1) is 0 Å². The maximum atomic E-state index is 5.32. The standard InChI is InChI=1S/C58H48N4/c1-56(2)28-29-57(3,4)49-34-51-45(33-48(49)56)42-16-10-12-21-50(42)62(51)41-27-26-37-31-40(25-23-38(37)32-41)54-59-53(39-24-22-35-14-7-8-15-36(35)30-39)60-55(61-54)44-18-13-20-47-52(44)43-17-9-11-19-46(43)58(47,5)6/h7-27,30-34H,28-29H2,1-6H3. The van der Waals surface area contributed by atoms with Crippen LogP contribution in [0.5, 0.6) is 0 Å². The van der Waals surface area contributed by atoms with Gasteiger partial charge in [-0.1, -0.05) is 157 Å². The van der Waals surface area contributed by atoms with Crippen molar-refractivity contribution in [1.29, 1.82) is 0 Å². The molecule has 0 saturated carbocycles. The molecule has 0 unspecified atom stereocenters. The first-order valence-electron chi connectivity index (χ1n) is 22.1. The summed E-state index contributed by atoms with van der Waals surface area (Å²) in [6, 6.07) is 57.7. The van der Waals surface area contributed by atoms with E-state index in [1.165, 1.54) is 78.8 Å². The van der Waals surface area contributed by atoms with Gasteiger partial charge in [-0.05, 0) is 121 Å². The third kappa shape index (κ3) is 5.48. The van der Waals surface area contributed by atoms with Crippen LogP contribution in [0.3, 0.4) is 0 Å². The van der Waals surface area contributed by atoms with Gasteiger partial charge in [0, 0.05) is 38.6 Å². The van der Waals surface area contributed by atoms with E-state index in [0.29, 0.717) is 17.5 Å². The van der Waals surface area contributed by atoms with Crippen molar-refractivity contribution in [3.63, 3.8) is 0 Å². The van der Waals surface area contributed by atoms with E-state index in [1.807, 2.05) is 0 Å². The van der Waals surface area contributed by atoms with Crippen molar-refractivity contribution in [2.24, 2.45) is 0 Å². The first kappa shape index (κ1) is 36.9. The lowest BCUT2D eigenvalue weighted by Crippen LogP contribution is -2.33. The summed E-state index contributed by atoms with van der Waals surface area (Å²) < 4.78 is 2.47. The van der Waals surface area contributed by atoms with Crippen molar-refractivity contribution >= 4 is 43.4 Å². The molecule has 0 bridgehead atoms. The van der Waals surface area contributed by atoms with Crippen LogP contribution >= 0.6 is 0 Å². The Morgan fingerprint density at radius 1 is 0.403 bits per heavy atom. The summed E-state index contributed by atoms with van der Waals surface area (Å²) in [5.41, 5.74) is 14.8. The van der Waals surface area contributed by atoms with Crippen molar-refractivity contribution in [2.45, 2.75) is 70.6 Å². The molecular formula is C58H48N4. The zero-order valence-electron chi connectivity index (χ0n) is 36.2. The molecule has 0 aliphatic heterocycles. The van der Waals surface area contributed by atoms with Crippen molar-refractivity contribution in [2.75, 3.05) is 0 Å². The van der Waals surface area contributed by atoms with Crippen LogP contribution in [0.15, 0.2) is 158 Å². The van der Waals surface area contributed by atoms with Gasteiger partial charge in [0.25, 0.3) is 0 Å². The van der Waals surface area contributed by atoms with E-state index in [4.69, 9.17) is 15.0 Å². The van der Waals surface area contributed by atoms with Crippen LogP contribution in [0.1, 0.15) is 76.6 Å². The van der Waals surface area contributed by atoms with Gasteiger partial charge in [-0.3, -0.25) is 0 Å². The minimum absolute atomic E-state index is 0.116. The summed E-state index contributed by atoms with van der Waals surface area (Å²) in [5, 5.41) is 7.26. The maximum Gasteiger partial charge on any atom is 0.164 e. The number of para-hydroxylation sites is 1. The minimum atomic E-state index is -0.137. The van der Waals surface area contributed by atoms with Crippen LogP contribution in [-0.2, 0) is 16.2 Å². The molecule has 62 heavy (non-hydrogen) atoms. The van der Waals surface area contributed by atoms with E-state index < -0.39 is 0 Å². The summed E-state index contributed by atoms with van der Waals surface area (Å²) in [4.78, 5) is 15.8. The smallest absolute Gasteiger partial charge is 0.164 e. The van der Waals surface area contributed by atoms with Gasteiger partial charge in [0.2, 0.25) is 0 Å². The fourth-order valence-corrected chi connectivity index (χ4v) is 10.8. The molecule has 0 radical (unpaired) electrons. The van der Waals surface area contributed by atoms with Gasteiger partial charge in [-0.2, -0.15) is 0 Å². The summed E-state index contributed by atoms with van der Waals surface area (Å²) in [6.45, 7) is 14.3. The molecule has 0 spiro atoms. The van der Waals surface area contributed by atoms with Gasteiger partial charge in [-0.25, -0.2) is 15.0 Å². The Kier molecular flexibility index (Phi) is 7.77. The van der Waals surface area contributed by atoms with Crippen LogP contribution < -0.4 is 0 Å². The van der Waals surface area contributed by atoms with Crippen molar-refractivity contribution in [3.8, 4) is 51.0 Å². The molecule has 0 saturated heterocycles. The highest BCUT2D eigenvalue weighted by Gasteiger charge is 2.39. The lowest BCUT2D eigenvalue weighted by atomic mass is 9.63. The van der Waals surface area contributed by atoms with Crippen LogP contribution in [0.25, 0.3) is 94.3 Å². The average molecular weight is 801 g/mol. The fourth-order valence-electron chi connectivity index (χ4n) is 10.8. The summed E-state index contributed by atoms with van der Waals surface area (Å²) >= 11 is 0. The first-order chi connectivity index (χ1) is 29.9. The van der Waals surface area contributed by atoms with Crippen LogP contribution in [-0.4, -0.2) is 19.5 Å². The molecule has 2 aliphatic rings. The monoisotopic (exact) mass is 800 g/mol. The number of hydrogen-bond donors (Lipinski definition) is 0. The molecule has 4 heteroatoms. The number of aromatic nitrogens is 4. The second-order valence-electron chi connectivity index (χ2n) is 19.5. The Morgan fingerprint density at radius 2 is 0.968 bits per heavy atom. The summed E-state index contributed by atoms with van der Waals surface area (Å²) in [5.74, 6) is 2.00. The summed E-state index contributed by atoms with van der Waals surface area (Å²) in [6.07, 6.45) is 2.38. The lowest BCUT2D eigenvalue weighted by molar-refractivity contribution is 0.332. The minimum Gasteiger partial charge on any atom is -0.309 e. The molecule has 0 amide bonds. The molecule has 2 aromatic heterocycles. The van der Waals surface area contributed by atoms with E-state index in [1.54, 1.807) is 0 Å². The normalized spacial score (nSPS) is 15.8. The highest BCUT2D eigenvalue weighted by molar-refractivity contribution is 6.10. The maximum absolute atomic E-state index is 5.32. The second-order valence-corrected chi connectivity index (χ2v) is 19.5. The zero-order valence-corrected chi connectivity index (χ0v) is 36.2. The Labute approximate surface area is 363 Å². The Balaban J connectivity index is 1.02. The molecule has 300 valence electrons. The molecule has 2 heterocycles. The SMILES string of the molecule is CC1(C)CCC(C)(C)c2cc3c(cc21)c1ccccc1n3-c1ccc2cc(-c3nc(-c4ccc5ccccc5c4)nc(-c4cccc5c4-c4ccccc4C5(C)C)n3)ccc2c1. The molecule has 8 aromatic carbocycles. The number of rotatable bonds is 4. The number of hydrogen-bond acceptors (Lipinski definition) is 3. The number of benzene rings is 8. The van der Waals surface area contributed by atoms with E-state index in [2.05, 4.69) is 204 Å². The van der Waals surface area contributed by atoms with Gasteiger partial charge in [0.1, 0.15) is 0 Å². The fraction of sp³-hybridized carbons (Fsp3) is 0.190. The Bertz CT molecular complexity index is 3510. The van der Waals surface area contributed by atoms with Gasteiger partial charge in [0.05, 0.1) is 11.0 Å². The van der Waals surface area contributed by atoms with Crippen molar-refractivity contribution < 1.29 is 0 Å². The molecule has 4 nitrogen and oxygen atoms in total. The topological polar surface area (TPSA) is 43.6 Å². The van der Waals surface area contributed by atoms with Crippen molar-refractivity contribution in [3.05, 3.63) is 180 Å². The zero-order chi connectivity index (χ0) is 42.1. The third-order valence-electron chi connectivity index (χ3n) is 14.5. The van der Waals surface area contributed by atoms with E-state index in [0.717, 1.165) is 33.2 Å². The molecule has 0 atom stereocenters. The highest BCUT2D eigenvalue weighted by Crippen LogP contribution is 2.52. The molecule has 10 aromatic rings. The second kappa shape index (κ2) is 13.0. The quantitative estimate of drug-likeness (QED) is 0.178. The Morgan fingerprint density at radius 3 is 1.74 bits per heavy atom. The molecule has 0 N–H and O–H groups in total. The number of nitrogens with zero attached hydrogens (tertiary/aromatic N) is 4. The van der Waals surface area contributed by atoms with Crippen molar-refractivity contribution in [1.82, 2.24) is 19.5 Å². The van der Waals surface area contributed by atoms with E-state index >= 15 is 0 Å². The molecule has 0 fully saturated rings. The van der Waals surface area contributed by atoms with Crippen LogP contribution in [0.4, 0.5) is 0 Å². The molecule has 2 aliphatic carbocycles. The van der Waals surface area contributed by atoms with Crippen LogP contribution in [0.2, 0.25) is 0 Å². The van der Waals surface area contributed by atoms with E-state index in [9.17, 15) is 0 Å². The van der Waals surface area contributed by atoms with E-state index in [-0.39, 0.29) is 16.2 Å². The lowest BCUT2D eigenvalue weighted by Gasteiger charge is -2.42. The van der Waals surface area contributed by atoms with Gasteiger partial charge in [-0.15, -0.1) is 0 Å². The highest BCUT2D eigenvalue weighted by atomic mass is 15.0. The predicted octanol–water partition coefficient (Wildman–Crippen LogP) is 14.9. The Hall–Kier alpha value is -6.91. The third-order valence-corrected chi connectivity index (χ3v) is 14.5. The van der Waals surface area contributed by atoms with Gasteiger partial charge < -0.3 is 4.57 Å². The van der Waals surface area contributed by atoms with Gasteiger partial charge in [0.15, 0.2) is 17.5 Å². The largest absolute Gasteiger partial charge is 0.309 e. The van der Waals surface area contributed by atoms with Gasteiger partial charge >= 0.3 is 0 Å². The molecular weight excluding hydrogens is 753 g/mol. The predicted molar refractivity (Wildman–Crippen MR) is 258 cm³/mol. The molecule has 12 rings (SSSR count).